The number of halogens is 1. The van der Waals surface area contributed by atoms with Gasteiger partial charge < -0.3 is 9.84 Å². The molecule has 1 aromatic rings. The maximum absolute atomic E-state index is 13.5. The van der Waals surface area contributed by atoms with Crippen LogP contribution in [-0.4, -0.2) is 43.4 Å². The highest BCUT2D eigenvalue weighted by Gasteiger charge is 2.20. The number of ether oxygens (including phenoxy) is 1. The fourth-order valence-electron chi connectivity index (χ4n) is 2.10. The summed E-state index contributed by atoms with van der Waals surface area (Å²) in [5, 5.41) is 8.69. The van der Waals surface area contributed by atoms with E-state index in [9.17, 15) is 4.39 Å². The number of nitrogens with zero attached hydrogens (tertiary/aromatic N) is 1. The van der Waals surface area contributed by atoms with Crippen molar-refractivity contribution in [3.63, 3.8) is 0 Å². The molecule has 0 atom stereocenters. The number of hydrogen-bond acceptors (Lipinski definition) is 3. The Morgan fingerprint density at radius 2 is 2.19 bits per heavy atom. The van der Waals surface area contributed by atoms with Gasteiger partial charge in [-0.15, -0.1) is 0 Å². The molecule has 0 spiro atoms. The van der Waals surface area contributed by atoms with Crippen molar-refractivity contribution >= 4 is 0 Å². The lowest BCUT2D eigenvalue weighted by atomic mass is 10.1. The predicted octanol–water partition coefficient (Wildman–Crippen LogP) is 2.03. The molecule has 2 rings (SSSR count). The van der Waals surface area contributed by atoms with Gasteiger partial charge in [0, 0.05) is 25.3 Å². The summed E-state index contributed by atoms with van der Waals surface area (Å²) in [6.07, 6.45) is 2.60. The van der Waals surface area contributed by atoms with Crippen molar-refractivity contribution in [2.45, 2.75) is 19.4 Å². The first-order chi connectivity index (χ1) is 10.2. The van der Waals surface area contributed by atoms with Gasteiger partial charge >= 0.3 is 0 Å². The molecule has 1 aromatic carbocycles. The van der Waals surface area contributed by atoms with Crippen LogP contribution in [0.3, 0.4) is 0 Å². The molecule has 4 heteroatoms. The second kappa shape index (κ2) is 8.14. The van der Waals surface area contributed by atoms with E-state index in [0.717, 1.165) is 24.6 Å². The Morgan fingerprint density at radius 1 is 1.38 bits per heavy atom. The molecule has 1 aliphatic rings. The number of rotatable bonds is 7. The average Bonchev–Trinajstić information content (AvgIpc) is 3.25. The first kappa shape index (κ1) is 16.0. The zero-order chi connectivity index (χ0) is 15.1. The van der Waals surface area contributed by atoms with Crippen LogP contribution < -0.4 is 0 Å². The molecule has 114 valence electrons. The molecule has 1 N–H and O–H groups in total. The third kappa shape index (κ3) is 6.26. The van der Waals surface area contributed by atoms with Crippen LogP contribution in [0.4, 0.5) is 4.39 Å². The molecule has 0 radical (unpaired) electrons. The maximum Gasteiger partial charge on any atom is 0.124 e. The molecule has 0 unspecified atom stereocenters. The van der Waals surface area contributed by atoms with Crippen molar-refractivity contribution in [2.24, 2.45) is 5.92 Å². The highest BCUT2D eigenvalue weighted by molar-refractivity contribution is 5.37. The Bertz CT molecular complexity index is 517. The molecule has 1 aliphatic carbocycles. The summed E-state index contributed by atoms with van der Waals surface area (Å²) in [5.74, 6) is 5.76. The highest BCUT2D eigenvalue weighted by atomic mass is 19.1. The molecule has 0 aliphatic heterocycles. The molecule has 1 saturated carbocycles. The fourth-order valence-corrected chi connectivity index (χ4v) is 2.10. The molecule has 0 aromatic heterocycles. The third-order valence-corrected chi connectivity index (χ3v) is 3.39. The van der Waals surface area contributed by atoms with Gasteiger partial charge in [-0.25, -0.2) is 4.39 Å². The number of benzene rings is 1. The van der Waals surface area contributed by atoms with Crippen LogP contribution in [-0.2, 0) is 11.3 Å². The standard InChI is InChI=1S/C17H22FNO2/c1-19(6-8-21-13-14-4-5-14)12-16-9-15(3-2-7-20)10-17(18)11-16/h9-11,14,20H,4-8,12-13H2,1H3. The molecule has 0 bridgehead atoms. The molecule has 1 fully saturated rings. The maximum atomic E-state index is 13.5. The summed E-state index contributed by atoms with van der Waals surface area (Å²) in [4.78, 5) is 2.10. The Labute approximate surface area is 125 Å². The molecular formula is C17H22FNO2. The van der Waals surface area contributed by atoms with Crippen molar-refractivity contribution in [3.05, 3.63) is 35.1 Å². The minimum Gasteiger partial charge on any atom is -0.384 e. The van der Waals surface area contributed by atoms with Crippen LogP contribution in [0.1, 0.15) is 24.0 Å². The first-order valence-corrected chi connectivity index (χ1v) is 7.33. The minimum atomic E-state index is -0.298. The van der Waals surface area contributed by atoms with Gasteiger partial charge in [0.05, 0.1) is 6.61 Å². The second-order valence-electron chi connectivity index (χ2n) is 5.56. The van der Waals surface area contributed by atoms with Crippen LogP contribution in [0.15, 0.2) is 18.2 Å². The third-order valence-electron chi connectivity index (χ3n) is 3.39. The predicted molar refractivity (Wildman–Crippen MR) is 80.2 cm³/mol. The Balaban J connectivity index is 1.80. The summed E-state index contributed by atoms with van der Waals surface area (Å²) in [6.45, 7) is 2.83. The van der Waals surface area contributed by atoms with Crippen LogP contribution in [0.25, 0.3) is 0 Å². The van der Waals surface area contributed by atoms with Gasteiger partial charge in [0.25, 0.3) is 0 Å². The van der Waals surface area contributed by atoms with Gasteiger partial charge in [-0.1, -0.05) is 11.8 Å². The van der Waals surface area contributed by atoms with E-state index in [4.69, 9.17) is 9.84 Å². The zero-order valence-corrected chi connectivity index (χ0v) is 12.4. The van der Waals surface area contributed by atoms with Gasteiger partial charge in [-0.3, -0.25) is 4.90 Å². The van der Waals surface area contributed by atoms with Gasteiger partial charge in [0.1, 0.15) is 12.4 Å². The van der Waals surface area contributed by atoms with Crippen LogP contribution in [0.2, 0.25) is 0 Å². The van der Waals surface area contributed by atoms with Crippen molar-refractivity contribution in [2.75, 3.05) is 33.4 Å². The lowest BCUT2D eigenvalue weighted by Crippen LogP contribution is -2.23. The summed E-state index contributed by atoms with van der Waals surface area (Å²) >= 11 is 0. The van der Waals surface area contributed by atoms with E-state index in [1.165, 1.54) is 25.0 Å². The Kier molecular flexibility index (Phi) is 6.19. The quantitative estimate of drug-likeness (QED) is 0.616. The molecule has 3 nitrogen and oxygen atoms in total. The topological polar surface area (TPSA) is 32.7 Å². The van der Waals surface area contributed by atoms with E-state index in [0.29, 0.717) is 18.7 Å². The smallest absolute Gasteiger partial charge is 0.124 e. The Morgan fingerprint density at radius 3 is 2.90 bits per heavy atom. The van der Waals surface area contributed by atoms with Crippen molar-refractivity contribution in [1.82, 2.24) is 4.90 Å². The number of likely N-dealkylation sites (N-methyl/N-ethyl adjacent to an activating group) is 1. The summed E-state index contributed by atoms with van der Waals surface area (Å²) < 4.78 is 19.1. The molecule has 0 amide bonds. The molecule has 0 saturated heterocycles. The highest BCUT2D eigenvalue weighted by Crippen LogP contribution is 2.28. The largest absolute Gasteiger partial charge is 0.384 e. The normalized spacial score (nSPS) is 14.1. The number of hydrogen-bond donors (Lipinski definition) is 1. The molecule has 0 heterocycles. The van der Waals surface area contributed by atoms with Gasteiger partial charge in [0.15, 0.2) is 0 Å². The van der Waals surface area contributed by atoms with E-state index < -0.39 is 0 Å². The molecular weight excluding hydrogens is 269 g/mol. The summed E-state index contributed by atoms with van der Waals surface area (Å²) in [6, 6.07) is 4.75. The zero-order valence-electron chi connectivity index (χ0n) is 12.4. The van der Waals surface area contributed by atoms with Gasteiger partial charge in [-0.05, 0) is 49.6 Å². The van der Waals surface area contributed by atoms with Crippen molar-refractivity contribution in [1.29, 1.82) is 0 Å². The average molecular weight is 291 g/mol. The van der Waals surface area contributed by atoms with Crippen LogP contribution in [0.5, 0.6) is 0 Å². The van der Waals surface area contributed by atoms with E-state index in [1.807, 2.05) is 13.1 Å². The number of aliphatic hydroxyl groups is 1. The van der Waals surface area contributed by atoms with Gasteiger partial charge in [0.2, 0.25) is 0 Å². The van der Waals surface area contributed by atoms with Crippen LogP contribution in [0, 0.1) is 23.6 Å². The van der Waals surface area contributed by atoms with Gasteiger partial charge in [-0.2, -0.15) is 0 Å². The first-order valence-electron chi connectivity index (χ1n) is 7.33. The lowest BCUT2D eigenvalue weighted by molar-refractivity contribution is 0.102. The molecule has 21 heavy (non-hydrogen) atoms. The summed E-state index contributed by atoms with van der Waals surface area (Å²) in [7, 11) is 1.99. The van der Waals surface area contributed by atoms with E-state index in [1.54, 1.807) is 0 Å². The van der Waals surface area contributed by atoms with Crippen LogP contribution >= 0.6 is 0 Å². The van der Waals surface area contributed by atoms with Crippen molar-refractivity contribution in [3.8, 4) is 11.8 Å². The lowest BCUT2D eigenvalue weighted by Gasteiger charge is -2.17. The minimum absolute atomic E-state index is 0.218. The fraction of sp³-hybridized carbons (Fsp3) is 0.529. The van der Waals surface area contributed by atoms with E-state index >= 15 is 0 Å². The SMILES string of the molecule is CN(CCOCC1CC1)Cc1cc(F)cc(C#CCO)c1. The number of aliphatic hydroxyl groups excluding tert-OH is 1. The monoisotopic (exact) mass is 291 g/mol. The Hall–Kier alpha value is -1.41. The second-order valence-corrected chi connectivity index (χ2v) is 5.56. The van der Waals surface area contributed by atoms with E-state index in [2.05, 4.69) is 16.7 Å². The van der Waals surface area contributed by atoms with Crippen molar-refractivity contribution < 1.29 is 14.2 Å². The van der Waals surface area contributed by atoms with E-state index in [-0.39, 0.29) is 12.4 Å². The summed E-state index contributed by atoms with van der Waals surface area (Å²) in [5.41, 5.74) is 1.47.